The largest absolute Gasteiger partial charge is 0.398 e. The maximum atomic E-state index is 11.8. The van der Waals surface area contributed by atoms with Crippen LogP contribution in [0.3, 0.4) is 0 Å². The number of nitrogens with two attached hydrogens (primary N) is 1. The monoisotopic (exact) mass is 266 g/mol. The predicted octanol–water partition coefficient (Wildman–Crippen LogP) is 3.09. The molecule has 0 radical (unpaired) electrons. The fraction of sp³-hybridized carbons (Fsp3) is 0.0667. The first-order valence-corrected chi connectivity index (χ1v) is 6.03. The Balaban J connectivity index is 2.01. The highest BCUT2D eigenvalue weighted by Crippen LogP contribution is 2.17. The van der Waals surface area contributed by atoms with Gasteiger partial charge in [-0.05, 0) is 48.9 Å². The molecule has 0 fully saturated rings. The minimum absolute atomic E-state index is 0.363. The summed E-state index contributed by atoms with van der Waals surface area (Å²) in [5.41, 5.74) is 9.15. The van der Waals surface area contributed by atoms with E-state index in [0.29, 0.717) is 22.6 Å². The van der Waals surface area contributed by atoms with E-state index in [9.17, 15) is 4.79 Å². The molecule has 0 unspecified atom stereocenters. The zero-order chi connectivity index (χ0) is 14.5. The normalized spacial score (nSPS) is 9.60. The Bertz CT molecular complexity index is 671. The minimum Gasteiger partial charge on any atom is -0.398 e. The molecule has 5 nitrogen and oxygen atoms in total. The Morgan fingerprint density at radius 1 is 1.10 bits per heavy atom. The molecule has 0 bridgehead atoms. The van der Waals surface area contributed by atoms with Crippen molar-refractivity contribution in [3.8, 4) is 6.07 Å². The van der Waals surface area contributed by atoms with Gasteiger partial charge < -0.3 is 16.4 Å². The third kappa shape index (κ3) is 3.27. The van der Waals surface area contributed by atoms with Crippen molar-refractivity contribution in [2.24, 2.45) is 0 Å². The van der Waals surface area contributed by atoms with Gasteiger partial charge in [0.25, 0.3) is 0 Å². The summed E-state index contributed by atoms with van der Waals surface area (Å²) in [5, 5.41) is 14.1. The van der Waals surface area contributed by atoms with Gasteiger partial charge in [-0.1, -0.05) is 6.07 Å². The molecule has 5 heteroatoms. The first kappa shape index (κ1) is 13.4. The summed E-state index contributed by atoms with van der Waals surface area (Å²) in [7, 11) is 0. The molecule has 2 aromatic rings. The van der Waals surface area contributed by atoms with E-state index in [2.05, 4.69) is 10.6 Å². The Morgan fingerprint density at radius 2 is 1.70 bits per heavy atom. The van der Waals surface area contributed by atoms with Crippen LogP contribution < -0.4 is 16.4 Å². The van der Waals surface area contributed by atoms with Crippen LogP contribution in [0.4, 0.5) is 21.9 Å². The number of rotatable bonds is 2. The van der Waals surface area contributed by atoms with Crippen LogP contribution >= 0.6 is 0 Å². The van der Waals surface area contributed by atoms with Crippen molar-refractivity contribution >= 4 is 23.1 Å². The highest BCUT2D eigenvalue weighted by atomic mass is 16.2. The Morgan fingerprint density at radius 3 is 2.30 bits per heavy atom. The molecule has 0 aromatic heterocycles. The number of carbonyl (C=O) groups is 1. The number of nitrogens with zero attached hydrogens (tertiary/aromatic N) is 1. The van der Waals surface area contributed by atoms with Crippen molar-refractivity contribution < 1.29 is 4.79 Å². The van der Waals surface area contributed by atoms with E-state index in [1.54, 1.807) is 36.4 Å². The molecular weight excluding hydrogens is 252 g/mol. The SMILES string of the molecule is Cc1ccc(NC(=O)Nc2ccc(C#N)cc2)cc1N. The highest BCUT2D eigenvalue weighted by molar-refractivity contribution is 6.00. The van der Waals surface area contributed by atoms with Gasteiger partial charge in [0.1, 0.15) is 0 Å². The summed E-state index contributed by atoms with van der Waals surface area (Å²) >= 11 is 0. The third-order valence-corrected chi connectivity index (χ3v) is 2.81. The van der Waals surface area contributed by atoms with Gasteiger partial charge >= 0.3 is 6.03 Å². The molecule has 2 aromatic carbocycles. The number of aryl methyl sites for hydroxylation is 1. The van der Waals surface area contributed by atoms with E-state index in [0.717, 1.165) is 5.56 Å². The number of nitrogen functional groups attached to an aromatic ring is 1. The zero-order valence-corrected chi connectivity index (χ0v) is 11.0. The van der Waals surface area contributed by atoms with Crippen LogP contribution in [-0.4, -0.2) is 6.03 Å². The number of anilines is 3. The van der Waals surface area contributed by atoms with Crippen molar-refractivity contribution in [3.63, 3.8) is 0 Å². The van der Waals surface area contributed by atoms with Crippen LogP contribution in [0, 0.1) is 18.3 Å². The van der Waals surface area contributed by atoms with Gasteiger partial charge in [-0.2, -0.15) is 5.26 Å². The molecule has 2 amide bonds. The van der Waals surface area contributed by atoms with Gasteiger partial charge in [0, 0.05) is 17.1 Å². The average Bonchev–Trinajstić information content (AvgIpc) is 2.44. The van der Waals surface area contributed by atoms with E-state index < -0.39 is 0 Å². The van der Waals surface area contributed by atoms with Crippen LogP contribution in [0.5, 0.6) is 0 Å². The fourth-order valence-corrected chi connectivity index (χ4v) is 1.64. The standard InChI is InChI=1S/C15H14N4O/c1-10-2-5-13(8-14(10)17)19-15(20)18-12-6-3-11(9-16)4-7-12/h2-8H,17H2,1H3,(H2,18,19,20). The Hall–Kier alpha value is -3.00. The van der Waals surface area contributed by atoms with E-state index >= 15 is 0 Å². The maximum Gasteiger partial charge on any atom is 0.323 e. The topological polar surface area (TPSA) is 90.9 Å². The van der Waals surface area contributed by atoms with Gasteiger partial charge in [0.05, 0.1) is 11.6 Å². The maximum absolute atomic E-state index is 11.8. The average molecular weight is 266 g/mol. The molecule has 0 spiro atoms. The van der Waals surface area contributed by atoms with Crippen LogP contribution in [0.15, 0.2) is 42.5 Å². The number of nitrogens with one attached hydrogen (secondary N) is 2. The van der Waals surface area contributed by atoms with Crippen molar-refractivity contribution in [3.05, 3.63) is 53.6 Å². The molecular formula is C15H14N4O. The number of amides is 2. The van der Waals surface area contributed by atoms with E-state index in [-0.39, 0.29) is 6.03 Å². The lowest BCUT2D eigenvalue weighted by Crippen LogP contribution is -2.19. The lowest BCUT2D eigenvalue weighted by Gasteiger charge is -2.09. The van der Waals surface area contributed by atoms with Gasteiger partial charge in [-0.25, -0.2) is 4.79 Å². The van der Waals surface area contributed by atoms with Crippen molar-refractivity contribution in [1.82, 2.24) is 0 Å². The summed E-state index contributed by atoms with van der Waals surface area (Å²) in [6, 6.07) is 13.6. The fourth-order valence-electron chi connectivity index (χ4n) is 1.64. The van der Waals surface area contributed by atoms with Gasteiger partial charge in [-0.15, -0.1) is 0 Å². The number of carbonyl (C=O) groups excluding carboxylic acids is 1. The molecule has 0 aliphatic rings. The molecule has 0 saturated carbocycles. The van der Waals surface area contributed by atoms with Crippen molar-refractivity contribution in [2.45, 2.75) is 6.92 Å². The van der Waals surface area contributed by atoms with E-state index in [4.69, 9.17) is 11.0 Å². The molecule has 4 N–H and O–H groups in total. The number of hydrogen-bond acceptors (Lipinski definition) is 3. The number of hydrogen-bond donors (Lipinski definition) is 3. The smallest absolute Gasteiger partial charge is 0.323 e. The summed E-state index contributed by atoms with van der Waals surface area (Å²) in [5.74, 6) is 0. The third-order valence-electron chi connectivity index (χ3n) is 2.81. The molecule has 100 valence electrons. The lowest BCUT2D eigenvalue weighted by atomic mass is 10.2. The number of benzene rings is 2. The summed E-state index contributed by atoms with van der Waals surface area (Å²) in [4.78, 5) is 11.8. The number of nitriles is 1. The molecule has 0 saturated heterocycles. The van der Waals surface area contributed by atoms with E-state index in [1.807, 2.05) is 19.1 Å². The van der Waals surface area contributed by atoms with Gasteiger partial charge in [-0.3, -0.25) is 0 Å². The summed E-state index contributed by atoms with van der Waals surface area (Å²) in [6.07, 6.45) is 0. The number of urea groups is 1. The molecule has 0 atom stereocenters. The van der Waals surface area contributed by atoms with Crippen molar-refractivity contribution in [1.29, 1.82) is 5.26 Å². The van der Waals surface area contributed by atoms with Gasteiger partial charge in [0.15, 0.2) is 0 Å². The van der Waals surface area contributed by atoms with Crippen LogP contribution in [-0.2, 0) is 0 Å². The van der Waals surface area contributed by atoms with Crippen LogP contribution in [0.25, 0.3) is 0 Å². The zero-order valence-electron chi connectivity index (χ0n) is 11.0. The Labute approximate surface area is 117 Å². The molecule has 0 aliphatic heterocycles. The highest BCUT2D eigenvalue weighted by Gasteiger charge is 2.04. The van der Waals surface area contributed by atoms with Crippen LogP contribution in [0.1, 0.15) is 11.1 Å². The lowest BCUT2D eigenvalue weighted by molar-refractivity contribution is 0.262. The second-order valence-corrected chi connectivity index (χ2v) is 4.34. The Kier molecular flexibility index (Phi) is 3.87. The van der Waals surface area contributed by atoms with E-state index in [1.165, 1.54) is 0 Å². The molecule has 0 heterocycles. The molecule has 20 heavy (non-hydrogen) atoms. The van der Waals surface area contributed by atoms with Crippen molar-refractivity contribution in [2.75, 3.05) is 16.4 Å². The summed E-state index contributed by atoms with van der Waals surface area (Å²) < 4.78 is 0. The van der Waals surface area contributed by atoms with Crippen LogP contribution in [0.2, 0.25) is 0 Å². The first-order valence-electron chi connectivity index (χ1n) is 6.03. The second-order valence-electron chi connectivity index (χ2n) is 4.34. The predicted molar refractivity (Wildman–Crippen MR) is 79.4 cm³/mol. The molecule has 0 aliphatic carbocycles. The quantitative estimate of drug-likeness (QED) is 0.729. The molecule has 2 rings (SSSR count). The second kappa shape index (κ2) is 5.76. The van der Waals surface area contributed by atoms with Gasteiger partial charge in [0.2, 0.25) is 0 Å². The minimum atomic E-state index is -0.363. The summed E-state index contributed by atoms with van der Waals surface area (Å²) in [6.45, 7) is 1.90. The first-order chi connectivity index (χ1) is 9.58.